The summed E-state index contributed by atoms with van der Waals surface area (Å²) in [6, 6.07) is 0. The van der Waals surface area contributed by atoms with Crippen LogP contribution in [0.15, 0.2) is 23.6 Å². The molecule has 76 valence electrons. The van der Waals surface area contributed by atoms with Crippen LogP contribution in [0.3, 0.4) is 0 Å². The number of amides is 1. The van der Waals surface area contributed by atoms with Gasteiger partial charge in [-0.3, -0.25) is 9.35 Å². The fraction of sp³-hybridized carbons (Fsp3) is 0.286. The summed E-state index contributed by atoms with van der Waals surface area (Å²) >= 11 is 0. The molecular weight excluding hydrogens is 194 g/mol. The van der Waals surface area contributed by atoms with Crippen molar-refractivity contribution in [1.29, 1.82) is 0 Å². The van der Waals surface area contributed by atoms with E-state index in [4.69, 9.17) is 4.55 Å². The lowest BCUT2D eigenvalue weighted by Gasteiger charge is -1.89. The topological polar surface area (TPSA) is 97.5 Å². The molecule has 3 N–H and O–H groups in total. The summed E-state index contributed by atoms with van der Waals surface area (Å²) in [6.45, 7) is 5.96. The summed E-state index contributed by atoms with van der Waals surface area (Å²) in [6.07, 6.45) is 2.38. The van der Waals surface area contributed by atoms with Crippen LogP contribution in [-0.4, -0.2) is 18.9 Å². The third kappa shape index (κ3) is 10.9. The van der Waals surface area contributed by atoms with Crippen LogP contribution < -0.4 is 5.73 Å². The minimum Gasteiger partial charge on any atom is -0.366 e. The van der Waals surface area contributed by atoms with Gasteiger partial charge in [0.25, 0.3) is 10.1 Å². The first-order chi connectivity index (χ1) is 5.75. The summed E-state index contributed by atoms with van der Waals surface area (Å²) in [5, 5.41) is 0. The van der Waals surface area contributed by atoms with E-state index in [9.17, 15) is 13.2 Å². The van der Waals surface area contributed by atoms with E-state index in [1.807, 2.05) is 0 Å². The van der Waals surface area contributed by atoms with E-state index in [1.165, 1.54) is 13.0 Å². The molecule has 0 saturated heterocycles. The van der Waals surface area contributed by atoms with Crippen LogP contribution in [-0.2, 0) is 14.9 Å². The van der Waals surface area contributed by atoms with E-state index in [0.717, 1.165) is 6.08 Å². The second-order valence-corrected chi connectivity index (χ2v) is 3.57. The average molecular weight is 207 g/mol. The minimum atomic E-state index is -3.89. The summed E-state index contributed by atoms with van der Waals surface area (Å²) in [5.74, 6) is -0.481. The third-order valence-electron chi connectivity index (χ3n) is 1.01. The third-order valence-corrected chi connectivity index (χ3v) is 2.06. The number of hydrogen-bond donors (Lipinski definition) is 2. The van der Waals surface area contributed by atoms with Gasteiger partial charge in [0.1, 0.15) is 0 Å². The Labute approximate surface area is 77.7 Å². The first-order valence-corrected chi connectivity index (χ1v) is 4.72. The first-order valence-electron chi connectivity index (χ1n) is 3.28. The highest BCUT2D eigenvalue weighted by Gasteiger charge is 2.03. The van der Waals surface area contributed by atoms with Gasteiger partial charge in [-0.05, 0) is 19.9 Å². The van der Waals surface area contributed by atoms with Crippen molar-refractivity contribution in [2.75, 3.05) is 0 Å². The molecule has 0 spiro atoms. The maximum Gasteiger partial charge on any atom is 0.290 e. The van der Waals surface area contributed by atoms with Crippen molar-refractivity contribution in [2.45, 2.75) is 13.8 Å². The van der Waals surface area contributed by atoms with Gasteiger partial charge in [0.15, 0.2) is 0 Å². The largest absolute Gasteiger partial charge is 0.366 e. The van der Waals surface area contributed by atoms with Crippen molar-refractivity contribution in [3.05, 3.63) is 23.6 Å². The number of hydrogen-bond acceptors (Lipinski definition) is 3. The molecule has 0 aliphatic rings. The Morgan fingerprint density at radius 3 is 1.85 bits per heavy atom. The van der Waals surface area contributed by atoms with Crippen molar-refractivity contribution in [3.8, 4) is 0 Å². The Morgan fingerprint density at radius 1 is 1.54 bits per heavy atom. The maximum atomic E-state index is 10.0. The van der Waals surface area contributed by atoms with Gasteiger partial charge in [0.2, 0.25) is 5.91 Å². The van der Waals surface area contributed by atoms with Gasteiger partial charge < -0.3 is 5.73 Å². The second-order valence-electron chi connectivity index (χ2n) is 1.98. The number of rotatable bonds is 2. The number of carbonyl (C=O) groups excluding carboxylic acids is 1. The lowest BCUT2D eigenvalue weighted by molar-refractivity contribution is -0.113. The van der Waals surface area contributed by atoms with Crippen LogP contribution in [0.2, 0.25) is 0 Å². The highest BCUT2D eigenvalue weighted by Crippen LogP contribution is 1.99. The molecule has 13 heavy (non-hydrogen) atoms. The van der Waals surface area contributed by atoms with Crippen LogP contribution in [0.25, 0.3) is 0 Å². The standard InChI is InChI=1S/C4H8O3S.C3H5NO/c1-3-4(2)8(5,6)7;1-2-3(4)5/h3H,1-2H3,(H,5,6,7);2H,1H2,(H2,4,5)/b4-3-;. The van der Waals surface area contributed by atoms with Gasteiger partial charge in [0, 0.05) is 0 Å². The second kappa shape index (κ2) is 6.38. The minimum absolute atomic E-state index is 0.0162. The zero-order valence-electron chi connectivity index (χ0n) is 7.52. The molecule has 0 aromatic heterocycles. The molecule has 5 nitrogen and oxygen atoms in total. The molecule has 0 unspecified atom stereocenters. The Morgan fingerprint density at radius 2 is 1.85 bits per heavy atom. The summed E-state index contributed by atoms with van der Waals surface area (Å²) in [4.78, 5) is 9.46. The van der Waals surface area contributed by atoms with Crippen molar-refractivity contribution >= 4 is 16.0 Å². The molecule has 0 aliphatic heterocycles. The molecule has 0 aliphatic carbocycles. The van der Waals surface area contributed by atoms with Gasteiger partial charge in [-0.1, -0.05) is 12.7 Å². The Balaban J connectivity index is 0. The smallest absolute Gasteiger partial charge is 0.290 e. The van der Waals surface area contributed by atoms with Crippen LogP contribution in [0.4, 0.5) is 0 Å². The number of carbonyl (C=O) groups is 1. The molecule has 0 heterocycles. The predicted octanol–water partition coefficient (Wildman–Crippen LogP) is 0.456. The predicted molar refractivity (Wildman–Crippen MR) is 50.4 cm³/mol. The molecule has 1 amide bonds. The average Bonchev–Trinajstić information content (AvgIpc) is 2.02. The normalized spacial score (nSPS) is 11.2. The van der Waals surface area contributed by atoms with Crippen molar-refractivity contribution in [3.63, 3.8) is 0 Å². The monoisotopic (exact) mass is 207 g/mol. The molecule has 0 rings (SSSR count). The molecular formula is C7H13NO4S. The fourth-order valence-electron chi connectivity index (χ4n) is 0.149. The van der Waals surface area contributed by atoms with E-state index < -0.39 is 16.0 Å². The highest BCUT2D eigenvalue weighted by atomic mass is 32.2. The van der Waals surface area contributed by atoms with Crippen LogP contribution in [0.5, 0.6) is 0 Å². The van der Waals surface area contributed by atoms with Gasteiger partial charge in [-0.25, -0.2) is 0 Å². The van der Waals surface area contributed by atoms with Crippen LogP contribution >= 0.6 is 0 Å². The maximum absolute atomic E-state index is 10.0. The van der Waals surface area contributed by atoms with Crippen molar-refractivity contribution in [2.24, 2.45) is 5.73 Å². The number of nitrogens with two attached hydrogens (primary N) is 1. The van der Waals surface area contributed by atoms with E-state index in [-0.39, 0.29) is 4.91 Å². The molecule has 0 bridgehead atoms. The lowest BCUT2D eigenvalue weighted by atomic mass is 10.6. The molecule has 0 aromatic rings. The number of allylic oxidation sites excluding steroid dienone is 2. The van der Waals surface area contributed by atoms with Crippen LogP contribution in [0.1, 0.15) is 13.8 Å². The highest BCUT2D eigenvalue weighted by molar-refractivity contribution is 7.89. The quantitative estimate of drug-likeness (QED) is 0.507. The summed E-state index contributed by atoms with van der Waals surface area (Å²) in [7, 11) is -3.89. The zero-order chi connectivity index (χ0) is 11.1. The van der Waals surface area contributed by atoms with E-state index in [2.05, 4.69) is 12.3 Å². The molecule has 0 atom stereocenters. The Kier molecular flexibility index (Phi) is 7.07. The lowest BCUT2D eigenvalue weighted by Crippen LogP contribution is -2.04. The Hall–Kier alpha value is -1.14. The zero-order valence-corrected chi connectivity index (χ0v) is 8.34. The van der Waals surface area contributed by atoms with Gasteiger partial charge in [0.05, 0.1) is 4.91 Å². The van der Waals surface area contributed by atoms with Crippen molar-refractivity contribution < 1.29 is 17.8 Å². The SMILES string of the molecule is C/C=C(/C)S(=O)(=O)O.C=CC(N)=O. The summed E-state index contributed by atoms with van der Waals surface area (Å²) < 4.78 is 28.3. The van der Waals surface area contributed by atoms with Gasteiger partial charge in [-0.15, -0.1) is 0 Å². The van der Waals surface area contributed by atoms with Crippen molar-refractivity contribution in [1.82, 2.24) is 0 Å². The van der Waals surface area contributed by atoms with E-state index >= 15 is 0 Å². The molecule has 6 heteroatoms. The van der Waals surface area contributed by atoms with Gasteiger partial charge >= 0.3 is 0 Å². The van der Waals surface area contributed by atoms with E-state index in [1.54, 1.807) is 6.92 Å². The van der Waals surface area contributed by atoms with E-state index in [0.29, 0.717) is 0 Å². The Bertz CT molecular complexity index is 302. The molecule has 0 saturated carbocycles. The van der Waals surface area contributed by atoms with Crippen LogP contribution in [0, 0.1) is 0 Å². The number of primary amides is 1. The van der Waals surface area contributed by atoms with Gasteiger partial charge in [-0.2, -0.15) is 8.42 Å². The summed E-state index contributed by atoms with van der Waals surface area (Å²) in [5.41, 5.74) is 4.53. The molecule has 0 aromatic carbocycles. The molecule has 0 fully saturated rings. The molecule has 0 radical (unpaired) electrons. The first kappa shape index (κ1) is 14.4. The fourth-order valence-corrected chi connectivity index (χ4v) is 0.447.